The van der Waals surface area contributed by atoms with Crippen molar-refractivity contribution in [1.29, 1.82) is 0 Å². The number of carbonyl (C=O) groups excluding carboxylic acids is 1. The number of H-pyrrole nitrogens is 1. The molecule has 31 heavy (non-hydrogen) atoms. The first-order valence-electron chi connectivity index (χ1n) is 10.7. The van der Waals surface area contributed by atoms with E-state index in [0.717, 1.165) is 25.2 Å². The zero-order valence-electron chi connectivity index (χ0n) is 17.6. The fourth-order valence-electron chi connectivity index (χ4n) is 4.43. The molecule has 1 aromatic carbocycles. The smallest absolute Gasteiger partial charge is 0.290 e. The van der Waals surface area contributed by atoms with Crippen molar-refractivity contribution in [3.8, 4) is 0 Å². The molecule has 3 heterocycles. The average molecular weight is 430 g/mol. The Kier molecular flexibility index (Phi) is 8.16. The van der Waals surface area contributed by atoms with Gasteiger partial charge in [0.1, 0.15) is 0 Å². The SMILES string of the molecule is O=C(N[C@]1(c2ccccc2)CCN(CCN2CCCC2)C[C@H]1O)c1cn[nH]c1.O=CO. The topological polar surface area (TPSA) is 122 Å². The maximum absolute atomic E-state index is 12.8. The molecular formula is C22H31N5O4. The number of carboxylic acid groups (broad SMARTS) is 1. The molecule has 168 valence electrons. The number of aromatic nitrogens is 2. The lowest BCUT2D eigenvalue weighted by Crippen LogP contribution is -2.62. The number of nitrogens with zero attached hydrogens (tertiary/aromatic N) is 3. The molecule has 9 heteroatoms. The second-order valence-corrected chi connectivity index (χ2v) is 8.00. The average Bonchev–Trinajstić information content (AvgIpc) is 3.50. The Hall–Kier alpha value is -2.75. The van der Waals surface area contributed by atoms with Gasteiger partial charge in [-0.2, -0.15) is 5.10 Å². The highest BCUT2D eigenvalue weighted by Crippen LogP contribution is 2.33. The van der Waals surface area contributed by atoms with Crippen LogP contribution in [0.3, 0.4) is 0 Å². The van der Waals surface area contributed by atoms with Gasteiger partial charge in [0.2, 0.25) is 0 Å². The highest BCUT2D eigenvalue weighted by molar-refractivity contribution is 5.94. The first-order valence-corrected chi connectivity index (χ1v) is 10.7. The van der Waals surface area contributed by atoms with Crippen LogP contribution in [0.1, 0.15) is 35.2 Å². The fraction of sp³-hybridized carbons (Fsp3) is 0.500. The highest BCUT2D eigenvalue weighted by atomic mass is 16.3. The summed E-state index contributed by atoms with van der Waals surface area (Å²) in [5, 5.41) is 27.7. The summed E-state index contributed by atoms with van der Waals surface area (Å²) in [7, 11) is 0. The number of benzene rings is 1. The van der Waals surface area contributed by atoms with E-state index in [0.29, 0.717) is 18.5 Å². The number of likely N-dealkylation sites (tertiary alicyclic amines) is 2. The number of amides is 1. The van der Waals surface area contributed by atoms with Gasteiger partial charge < -0.3 is 20.4 Å². The molecule has 1 aromatic heterocycles. The largest absolute Gasteiger partial charge is 0.483 e. The summed E-state index contributed by atoms with van der Waals surface area (Å²) in [6.45, 7) is 5.51. The normalized spacial score (nSPS) is 24.2. The van der Waals surface area contributed by atoms with Gasteiger partial charge in [0.25, 0.3) is 12.4 Å². The Morgan fingerprint density at radius 1 is 1.19 bits per heavy atom. The van der Waals surface area contributed by atoms with Crippen molar-refractivity contribution < 1.29 is 19.8 Å². The van der Waals surface area contributed by atoms with E-state index in [9.17, 15) is 9.90 Å². The van der Waals surface area contributed by atoms with Crippen molar-refractivity contribution >= 4 is 12.4 Å². The minimum atomic E-state index is -0.792. The summed E-state index contributed by atoms with van der Waals surface area (Å²) in [6.07, 6.45) is 5.65. The van der Waals surface area contributed by atoms with E-state index in [4.69, 9.17) is 9.90 Å². The van der Waals surface area contributed by atoms with Gasteiger partial charge >= 0.3 is 0 Å². The first kappa shape index (κ1) is 22.9. The molecule has 1 amide bonds. The molecule has 9 nitrogen and oxygen atoms in total. The summed E-state index contributed by atoms with van der Waals surface area (Å²) in [5.41, 5.74) is 0.622. The predicted octanol–water partition coefficient (Wildman–Crippen LogP) is 0.898. The van der Waals surface area contributed by atoms with Gasteiger partial charge in [-0.25, -0.2) is 0 Å². The zero-order chi connectivity index (χ0) is 22.1. The van der Waals surface area contributed by atoms with E-state index in [1.165, 1.54) is 32.1 Å². The van der Waals surface area contributed by atoms with Crippen LogP contribution >= 0.6 is 0 Å². The Balaban J connectivity index is 0.000000858. The zero-order valence-corrected chi connectivity index (χ0v) is 17.6. The number of aromatic amines is 1. The first-order chi connectivity index (χ1) is 15.1. The van der Waals surface area contributed by atoms with Gasteiger partial charge in [0, 0.05) is 32.4 Å². The molecule has 2 atom stereocenters. The molecule has 2 fully saturated rings. The van der Waals surface area contributed by atoms with Gasteiger partial charge in [-0.15, -0.1) is 0 Å². The quantitative estimate of drug-likeness (QED) is 0.503. The number of rotatable bonds is 6. The van der Waals surface area contributed by atoms with Crippen LogP contribution in [0.25, 0.3) is 0 Å². The van der Waals surface area contributed by atoms with Crippen molar-refractivity contribution in [3.63, 3.8) is 0 Å². The van der Waals surface area contributed by atoms with E-state index >= 15 is 0 Å². The van der Waals surface area contributed by atoms with E-state index in [2.05, 4.69) is 25.3 Å². The molecule has 2 saturated heterocycles. The van der Waals surface area contributed by atoms with Crippen molar-refractivity contribution in [3.05, 3.63) is 53.9 Å². The number of hydrogen-bond acceptors (Lipinski definition) is 6. The minimum Gasteiger partial charge on any atom is -0.483 e. The number of aliphatic hydroxyl groups excluding tert-OH is 1. The van der Waals surface area contributed by atoms with Crippen LogP contribution in [0, 0.1) is 0 Å². The maximum atomic E-state index is 12.8. The Morgan fingerprint density at radius 2 is 1.87 bits per heavy atom. The van der Waals surface area contributed by atoms with Gasteiger partial charge in [0.15, 0.2) is 0 Å². The van der Waals surface area contributed by atoms with E-state index < -0.39 is 11.6 Å². The minimum absolute atomic E-state index is 0.220. The van der Waals surface area contributed by atoms with Crippen LogP contribution in [-0.4, -0.2) is 88.0 Å². The summed E-state index contributed by atoms with van der Waals surface area (Å²) in [4.78, 5) is 25.9. The van der Waals surface area contributed by atoms with Crippen molar-refractivity contribution in [2.24, 2.45) is 0 Å². The number of piperidine rings is 1. The molecule has 2 aliphatic rings. The number of hydrogen-bond donors (Lipinski definition) is 4. The lowest BCUT2D eigenvalue weighted by molar-refractivity contribution is -0.122. The monoisotopic (exact) mass is 429 g/mol. The fourth-order valence-corrected chi connectivity index (χ4v) is 4.43. The summed E-state index contributed by atoms with van der Waals surface area (Å²) < 4.78 is 0. The predicted molar refractivity (Wildman–Crippen MR) is 116 cm³/mol. The summed E-state index contributed by atoms with van der Waals surface area (Å²) in [6, 6.07) is 9.82. The Bertz CT molecular complexity index is 811. The van der Waals surface area contributed by atoms with Gasteiger partial charge in [-0.3, -0.25) is 19.6 Å². The van der Waals surface area contributed by atoms with Gasteiger partial charge in [-0.1, -0.05) is 30.3 Å². The Labute approximate surface area is 182 Å². The van der Waals surface area contributed by atoms with Crippen LogP contribution in [0.2, 0.25) is 0 Å². The molecular weight excluding hydrogens is 398 g/mol. The van der Waals surface area contributed by atoms with Gasteiger partial charge in [-0.05, 0) is 37.9 Å². The second kappa shape index (κ2) is 11.0. The van der Waals surface area contributed by atoms with Crippen molar-refractivity contribution in [2.75, 3.05) is 39.3 Å². The molecule has 0 spiro atoms. The molecule has 2 aliphatic heterocycles. The van der Waals surface area contributed by atoms with Crippen LogP contribution in [0.4, 0.5) is 0 Å². The maximum Gasteiger partial charge on any atom is 0.290 e. The molecule has 0 unspecified atom stereocenters. The third-order valence-electron chi connectivity index (χ3n) is 6.14. The van der Waals surface area contributed by atoms with Crippen molar-refractivity contribution in [2.45, 2.75) is 30.9 Å². The number of carbonyl (C=O) groups is 2. The third kappa shape index (κ3) is 5.69. The molecule has 2 aromatic rings. The highest BCUT2D eigenvalue weighted by Gasteiger charge is 2.45. The van der Waals surface area contributed by atoms with Crippen LogP contribution in [0.5, 0.6) is 0 Å². The van der Waals surface area contributed by atoms with E-state index in [1.54, 1.807) is 6.20 Å². The number of nitrogens with one attached hydrogen (secondary N) is 2. The van der Waals surface area contributed by atoms with Crippen LogP contribution < -0.4 is 5.32 Å². The Morgan fingerprint density at radius 3 is 2.48 bits per heavy atom. The molecule has 0 radical (unpaired) electrons. The summed E-state index contributed by atoms with van der Waals surface area (Å²) in [5.74, 6) is -0.220. The standard InChI is InChI=1S/C21H29N5O2.CH2O2/c27-19-16-26(13-12-25-9-4-5-10-25)11-8-21(19,18-6-2-1-3-7-18)24-20(28)17-14-22-23-15-17;2-1-3/h1-3,6-7,14-15,19,27H,4-5,8-13,16H2,(H,22,23)(H,24,28);1H,(H,2,3)/t19-,21+;/m1./s1. The van der Waals surface area contributed by atoms with E-state index in [1.807, 2.05) is 30.3 Å². The lowest BCUT2D eigenvalue weighted by Gasteiger charge is -2.46. The molecule has 4 rings (SSSR count). The number of aliphatic hydroxyl groups is 1. The molecule has 0 aliphatic carbocycles. The van der Waals surface area contributed by atoms with Gasteiger partial charge in [0.05, 0.1) is 23.4 Å². The second-order valence-electron chi connectivity index (χ2n) is 8.00. The third-order valence-corrected chi connectivity index (χ3v) is 6.14. The molecule has 4 N–H and O–H groups in total. The number of β-amino-alcohol motifs (C(OH)–C–C–N with tert-alkyl or cyclic N) is 1. The van der Waals surface area contributed by atoms with E-state index in [-0.39, 0.29) is 12.4 Å². The molecule has 0 saturated carbocycles. The van der Waals surface area contributed by atoms with Crippen molar-refractivity contribution in [1.82, 2.24) is 25.3 Å². The summed E-state index contributed by atoms with van der Waals surface area (Å²) >= 11 is 0. The van der Waals surface area contributed by atoms with Crippen LogP contribution in [-0.2, 0) is 10.3 Å². The lowest BCUT2D eigenvalue weighted by atomic mass is 9.78. The molecule has 0 bridgehead atoms. The van der Waals surface area contributed by atoms with Crippen LogP contribution in [0.15, 0.2) is 42.7 Å².